The van der Waals surface area contributed by atoms with Crippen molar-refractivity contribution in [1.82, 2.24) is 0 Å². The Balaban J connectivity index is 1.78. The minimum absolute atomic E-state index is 0.0374. The number of unbranched alkanes of at least 4 members (excludes halogenated alkanes) is 18. The standard InChI is InChI=1S/C66H104O5/c1-13-15-17-19-21-23-24-26-28-30-32-44-63(69)71-59-51-65(10,11)66(12,52-59)61(67)48-46-56(6)42-36-40-54(4)38-34-33-37-53(3)39-35-41-55(5)45-47-60-57(7)49-58(50-64(60,8)9)70-62(68)43-31-29-27-25-22-20-18-16-14-2/h33-42,45-48,58-59H,13-32,43-44,49-52H2,1-12H3/b34-33+,39-35+,40-36+,47-45+,48-46+,53-37+,54-38+,55-41+,56-42+/t58-,59+,66+/m1/s1. The molecule has 0 amide bonds. The topological polar surface area (TPSA) is 69.7 Å². The lowest BCUT2D eigenvalue weighted by Gasteiger charge is -2.37. The fourth-order valence-corrected chi connectivity index (χ4v) is 10.3. The number of ketones is 1. The molecule has 0 aromatic rings. The van der Waals surface area contributed by atoms with E-state index in [4.69, 9.17) is 9.47 Å². The molecule has 0 radical (unpaired) electrons. The normalized spacial score (nSPS) is 21.3. The summed E-state index contributed by atoms with van der Waals surface area (Å²) in [4.78, 5) is 39.1. The summed E-state index contributed by atoms with van der Waals surface area (Å²) >= 11 is 0. The third-order valence-electron chi connectivity index (χ3n) is 15.2. The molecule has 71 heavy (non-hydrogen) atoms. The molecule has 0 spiro atoms. The van der Waals surface area contributed by atoms with Crippen LogP contribution in [0.5, 0.6) is 0 Å². The minimum Gasteiger partial charge on any atom is -0.462 e. The second-order valence-corrected chi connectivity index (χ2v) is 23.0. The molecule has 1 saturated carbocycles. The smallest absolute Gasteiger partial charge is 0.306 e. The van der Waals surface area contributed by atoms with E-state index in [0.29, 0.717) is 25.7 Å². The largest absolute Gasteiger partial charge is 0.462 e. The Hall–Kier alpha value is -3.99. The summed E-state index contributed by atoms with van der Waals surface area (Å²) in [5.74, 6) is -0.0670. The van der Waals surface area contributed by atoms with Crippen LogP contribution in [0.25, 0.3) is 0 Å². The lowest BCUT2D eigenvalue weighted by Crippen LogP contribution is -2.36. The van der Waals surface area contributed by atoms with Gasteiger partial charge in [-0.2, -0.15) is 0 Å². The van der Waals surface area contributed by atoms with Crippen LogP contribution in [0.15, 0.2) is 119 Å². The predicted octanol–water partition coefficient (Wildman–Crippen LogP) is 19.5. The first-order chi connectivity index (χ1) is 33.8. The van der Waals surface area contributed by atoms with E-state index in [1.165, 1.54) is 119 Å². The summed E-state index contributed by atoms with van der Waals surface area (Å²) in [7, 11) is 0. The van der Waals surface area contributed by atoms with Crippen molar-refractivity contribution in [3.8, 4) is 0 Å². The Kier molecular flexibility index (Phi) is 31.3. The maximum Gasteiger partial charge on any atom is 0.306 e. The van der Waals surface area contributed by atoms with Crippen molar-refractivity contribution in [2.45, 2.75) is 262 Å². The molecule has 2 rings (SSSR count). The molecule has 398 valence electrons. The molecule has 0 aromatic carbocycles. The summed E-state index contributed by atoms with van der Waals surface area (Å²) in [6.45, 7) is 25.8. The quantitative estimate of drug-likeness (QED) is 0.0274. The van der Waals surface area contributed by atoms with Crippen LogP contribution in [0.2, 0.25) is 0 Å². The van der Waals surface area contributed by atoms with Crippen molar-refractivity contribution in [3.05, 3.63) is 119 Å². The van der Waals surface area contributed by atoms with E-state index in [-0.39, 0.29) is 40.8 Å². The summed E-state index contributed by atoms with van der Waals surface area (Å²) in [6.07, 6.45) is 57.5. The molecule has 0 unspecified atom stereocenters. The second kappa shape index (κ2) is 35.2. The van der Waals surface area contributed by atoms with Crippen molar-refractivity contribution in [2.24, 2.45) is 16.2 Å². The van der Waals surface area contributed by atoms with Crippen LogP contribution < -0.4 is 0 Å². The van der Waals surface area contributed by atoms with Crippen molar-refractivity contribution >= 4 is 17.7 Å². The fourth-order valence-electron chi connectivity index (χ4n) is 10.3. The first kappa shape index (κ1) is 63.1. The molecule has 0 saturated heterocycles. The highest BCUT2D eigenvalue weighted by molar-refractivity contribution is 5.96. The first-order valence-electron chi connectivity index (χ1n) is 28.5. The number of esters is 2. The third-order valence-corrected chi connectivity index (χ3v) is 15.2. The molecule has 0 N–H and O–H groups in total. The van der Waals surface area contributed by atoms with Gasteiger partial charge in [0.1, 0.15) is 12.2 Å². The van der Waals surface area contributed by atoms with E-state index in [0.717, 1.165) is 55.2 Å². The van der Waals surface area contributed by atoms with Crippen LogP contribution >= 0.6 is 0 Å². The van der Waals surface area contributed by atoms with Gasteiger partial charge in [0, 0.05) is 24.7 Å². The zero-order valence-electron chi connectivity index (χ0n) is 47.7. The Morgan fingerprint density at radius 2 is 0.873 bits per heavy atom. The van der Waals surface area contributed by atoms with Gasteiger partial charge in [-0.1, -0.05) is 271 Å². The molecule has 0 aromatic heterocycles. The number of ether oxygens (including phenoxy) is 2. The van der Waals surface area contributed by atoms with Crippen molar-refractivity contribution in [3.63, 3.8) is 0 Å². The zero-order valence-corrected chi connectivity index (χ0v) is 47.7. The lowest BCUT2D eigenvalue weighted by molar-refractivity contribution is -0.151. The Bertz CT molecular complexity index is 1920. The molecular weight excluding hydrogens is 873 g/mol. The Morgan fingerprint density at radius 3 is 1.32 bits per heavy atom. The van der Waals surface area contributed by atoms with Crippen LogP contribution in [0, 0.1) is 16.2 Å². The molecule has 2 aliphatic carbocycles. The molecule has 0 heterocycles. The van der Waals surface area contributed by atoms with Crippen LogP contribution in [-0.4, -0.2) is 29.9 Å². The van der Waals surface area contributed by atoms with Crippen molar-refractivity contribution in [1.29, 1.82) is 0 Å². The Labute approximate surface area is 436 Å². The SMILES string of the molecule is CCCCCCCCCCCCCC(=O)O[C@H]1CC(C)(C)[C@](C)(C(=O)/C=C/C(C)=C/C=C/C(C)=C/C=C/C=C(C)/C=C/C=C(C)/C=C/C2=C(C)C[C@@H](OC(=O)CCCCCCCCCCC)CC2(C)C)C1. The van der Waals surface area contributed by atoms with E-state index in [1.807, 2.05) is 32.1 Å². The van der Waals surface area contributed by atoms with Crippen LogP contribution in [-0.2, 0) is 23.9 Å². The fraction of sp³-hybridized carbons (Fsp3) is 0.652. The average Bonchev–Trinajstić information content (AvgIpc) is 3.54. The number of carbonyl (C=O) groups is 3. The average molecular weight is 978 g/mol. The molecule has 5 nitrogen and oxygen atoms in total. The van der Waals surface area contributed by atoms with Gasteiger partial charge in [0.05, 0.1) is 0 Å². The van der Waals surface area contributed by atoms with E-state index in [9.17, 15) is 14.4 Å². The van der Waals surface area contributed by atoms with E-state index >= 15 is 0 Å². The van der Waals surface area contributed by atoms with Gasteiger partial charge in [0.25, 0.3) is 0 Å². The van der Waals surface area contributed by atoms with Gasteiger partial charge in [-0.25, -0.2) is 0 Å². The van der Waals surface area contributed by atoms with Crippen molar-refractivity contribution in [2.75, 3.05) is 0 Å². The number of hydrogen-bond acceptors (Lipinski definition) is 5. The lowest BCUT2D eigenvalue weighted by atomic mass is 9.66. The van der Waals surface area contributed by atoms with Crippen LogP contribution in [0.4, 0.5) is 0 Å². The first-order valence-corrected chi connectivity index (χ1v) is 28.5. The third kappa shape index (κ3) is 26.5. The molecule has 0 bridgehead atoms. The molecular formula is C66H104O5. The number of allylic oxidation sites excluding steroid dienone is 19. The summed E-state index contributed by atoms with van der Waals surface area (Å²) in [5, 5.41) is 0. The van der Waals surface area contributed by atoms with Crippen LogP contribution in [0.1, 0.15) is 250 Å². The zero-order chi connectivity index (χ0) is 52.5. The van der Waals surface area contributed by atoms with E-state index in [2.05, 4.69) is 130 Å². The minimum atomic E-state index is -0.593. The molecule has 1 fully saturated rings. The van der Waals surface area contributed by atoms with Gasteiger partial charge in [-0.05, 0) is 89.2 Å². The maximum atomic E-state index is 13.6. The summed E-state index contributed by atoms with van der Waals surface area (Å²) < 4.78 is 11.9. The maximum absolute atomic E-state index is 13.6. The highest BCUT2D eigenvalue weighted by Gasteiger charge is 2.54. The van der Waals surface area contributed by atoms with Gasteiger partial charge in [0.15, 0.2) is 5.78 Å². The summed E-state index contributed by atoms with van der Waals surface area (Å²) in [6, 6.07) is 0. The summed E-state index contributed by atoms with van der Waals surface area (Å²) in [5.41, 5.74) is 6.16. The van der Waals surface area contributed by atoms with Gasteiger partial charge >= 0.3 is 11.9 Å². The van der Waals surface area contributed by atoms with Gasteiger partial charge in [0.2, 0.25) is 0 Å². The van der Waals surface area contributed by atoms with Gasteiger partial charge in [-0.15, -0.1) is 0 Å². The number of rotatable bonds is 35. The Morgan fingerprint density at radius 1 is 0.479 bits per heavy atom. The van der Waals surface area contributed by atoms with E-state index in [1.54, 1.807) is 6.08 Å². The molecule has 2 aliphatic rings. The van der Waals surface area contributed by atoms with Gasteiger partial charge < -0.3 is 9.47 Å². The van der Waals surface area contributed by atoms with Crippen molar-refractivity contribution < 1.29 is 23.9 Å². The highest BCUT2D eigenvalue weighted by atomic mass is 16.5. The molecule has 5 heteroatoms. The molecule has 0 aliphatic heterocycles. The van der Waals surface area contributed by atoms with Crippen LogP contribution in [0.3, 0.4) is 0 Å². The monoisotopic (exact) mass is 977 g/mol. The second-order valence-electron chi connectivity index (χ2n) is 23.0. The number of carbonyl (C=O) groups excluding carboxylic acids is 3. The highest BCUT2D eigenvalue weighted by Crippen LogP contribution is 2.54. The van der Waals surface area contributed by atoms with E-state index < -0.39 is 5.41 Å². The number of hydrogen-bond donors (Lipinski definition) is 0. The predicted molar refractivity (Wildman–Crippen MR) is 305 cm³/mol. The molecule has 3 atom stereocenters. The van der Waals surface area contributed by atoms with Gasteiger partial charge in [-0.3, -0.25) is 14.4 Å².